The fourth-order valence-electron chi connectivity index (χ4n) is 4.41. The van der Waals surface area contributed by atoms with Crippen LogP contribution in [0.1, 0.15) is 11.1 Å². The fraction of sp³-hybridized carbons (Fsp3) is 0.0645. The highest BCUT2D eigenvalue weighted by Gasteiger charge is 2.18. The van der Waals surface area contributed by atoms with Gasteiger partial charge in [-0.3, -0.25) is 4.79 Å². The molecule has 0 aliphatic carbocycles. The first-order valence-electron chi connectivity index (χ1n) is 12.5. The molecule has 2 aromatic heterocycles. The van der Waals surface area contributed by atoms with E-state index < -0.39 is 0 Å². The minimum absolute atomic E-state index is 0.240. The molecule has 11 heteroatoms. The molecule has 42 heavy (non-hydrogen) atoms. The van der Waals surface area contributed by atoms with E-state index in [-0.39, 0.29) is 18.0 Å². The van der Waals surface area contributed by atoms with Crippen molar-refractivity contribution in [1.82, 2.24) is 9.66 Å². The van der Waals surface area contributed by atoms with Crippen LogP contribution in [-0.2, 0) is 6.61 Å². The van der Waals surface area contributed by atoms with Crippen molar-refractivity contribution in [2.45, 2.75) is 6.61 Å². The molecule has 6 rings (SSSR count). The van der Waals surface area contributed by atoms with Crippen LogP contribution in [0.2, 0.25) is 5.02 Å². The van der Waals surface area contributed by atoms with Gasteiger partial charge in [0.05, 0.1) is 24.2 Å². The number of aromatic nitrogens is 2. The van der Waals surface area contributed by atoms with Gasteiger partial charge in [0.15, 0.2) is 17.3 Å². The maximum atomic E-state index is 13.7. The number of hydrogen-bond donors (Lipinski definition) is 0. The minimum atomic E-state index is -0.358. The number of nitrogens with zero attached hydrogens (tertiary/aromatic N) is 3. The van der Waals surface area contributed by atoms with Crippen LogP contribution in [0.25, 0.3) is 33.5 Å². The smallest absolute Gasteiger partial charge is 0.282 e. The average molecular weight is 773 g/mol. The molecule has 6 aromatic rings. The van der Waals surface area contributed by atoms with E-state index in [0.717, 1.165) is 24.4 Å². The molecule has 0 spiro atoms. The van der Waals surface area contributed by atoms with Crippen LogP contribution in [0.5, 0.6) is 11.5 Å². The SMILES string of the molecule is COc1cc(Cl)cc(C=Nn2c(-c3cc4cc(Br)ccc4o3)nc3ccccc3c2=O)c1OCc1ccc(Br)cc1Br. The Labute approximate surface area is 270 Å². The predicted molar refractivity (Wildman–Crippen MR) is 176 cm³/mol. The van der Waals surface area contributed by atoms with Crippen molar-refractivity contribution in [3.05, 3.63) is 119 Å². The summed E-state index contributed by atoms with van der Waals surface area (Å²) in [5.41, 5.74) is 2.25. The van der Waals surface area contributed by atoms with Gasteiger partial charge in [0.2, 0.25) is 5.82 Å². The van der Waals surface area contributed by atoms with Crippen LogP contribution < -0.4 is 15.0 Å². The second kappa shape index (κ2) is 12.0. The highest BCUT2D eigenvalue weighted by atomic mass is 79.9. The molecular formula is C31H19Br3ClN3O4. The summed E-state index contributed by atoms with van der Waals surface area (Å²) < 4.78 is 21.9. The second-order valence-corrected chi connectivity index (χ2v) is 12.3. The van der Waals surface area contributed by atoms with Crippen molar-refractivity contribution in [2.24, 2.45) is 5.10 Å². The molecule has 0 aliphatic heterocycles. The number of fused-ring (bicyclic) bond motifs is 2. The van der Waals surface area contributed by atoms with E-state index in [0.29, 0.717) is 44.3 Å². The number of para-hydroxylation sites is 1. The quantitative estimate of drug-likeness (QED) is 0.151. The molecule has 0 fully saturated rings. The molecule has 0 aliphatic rings. The van der Waals surface area contributed by atoms with Crippen molar-refractivity contribution < 1.29 is 13.9 Å². The van der Waals surface area contributed by atoms with E-state index in [1.165, 1.54) is 18.0 Å². The molecular weight excluding hydrogens is 754 g/mol. The van der Waals surface area contributed by atoms with Crippen molar-refractivity contribution >= 4 is 87.5 Å². The molecule has 0 saturated carbocycles. The summed E-state index contributed by atoms with van der Waals surface area (Å²) in [5, 5.41) is 6.27. The summed E-state index contributed by atoms with van der Waals surface area (Å²) in [4.78, 5) is 18.5. The highest BCUT2D eigenvalue weighted by molar-refractivity contribution is 9.11. The summed E-state index contributed by atoms with van der Waals surface area (Å²) in [6, 6.07) is 23.8. The lowest BCUT2D eigenvalue weighted by molar-refractivity contribution is 0.283. The number of furan rings is 1. The molecule has 0 atom stereocenters. The largest absolute Gasteiger partial charge is 0.493 e. The summed E-state index contributed by atoms with van der Waals surface area (Å²) in [6.45, 7) is 0.240. The van der Waals surface area contributed by atoms with E-state index in [1.807, 2.05) is 48.5 Å². The van der Waals surface area contributed by atoms with Gasteiger partial charge in [-0.15, -0.1) is 0 Å². The zero-order valence-corrected chi connectivity index (χ0v) is 27.3. The van der Waals surface area contributed by atoms with Gasteiger partial charge in [0, 0.05) is 41.0 Å². The van der Waals surface area contributed by atoms with Crippen LogP contribution in [0.3, 0.4) is 0 Å². The molecule has 0 radical (unpaired) electrons. The lowest BCUT2D eigenvalue weighted by Crippen LogP contribution is -2.20. The second-order valence-electron chi connectivity index (χ2n) is 9.16. The predicted octanol–water partition coefficient (Wildman–Crippen LogP) is 9.22. The average Bonchev–Trinajstić information content (AvgIpc) is 3.39. The molecule has 0 unspecified atom stereocenters. The first-order valence-corrected chi connectivity index (χ1v) is 15.3. The molecule has 0 amide bonds. The molecule has 0 N–H and O–H groups in total. The maximum Gasteiger partial charge on any atom is 0.282 e. The van der Waals surface area contributed by atoms with Crippen molar-refractivity contribution in [2.75, 3.05) is 7.11 Å². The summed E-state index contributed by atoms with van der Waals surface area (Å²) in [6.07, 6.45) is 1.50. The molecule has 210 valence electrons. The molecule has 4 aromatic carbocycles. The summed E-state index contributed by atoms with van der Waals surface area (Å²) in [7, 11) is 1.53. The first kappa shape index (κ1) is 28.7. The molecule has 0 saturated heterocycles. The van der Waals surface area contributed by atoms with Crippen LogP contribution in [0.4, 0.5) is 0 Å². The number of rotatable bonds is 7. The summed E-state index contributed by atoms with van der Waals surface area (Å²) >= 11 is 17.0. The lowest BCUT2D eigenvalue weighted by atomic mass is 10.2. The third-order valence-electron chi connectivity index (χ3n) is 6.42. The fourth-order valence-corrected chi connectivity index (χ4v) is 6.17. The topological polar surface area (TPSA) is 78.9 Å². The Hall–Kier alpha value is -3.44. The number of hydrogen-bond acceptors (Lipinski definition) is 6. The Morgan fingerprint density at radius 3 is 2.60 bits per heavy atom. The Balaban J connectivity index is 1.47. The van der Waals surface area contributed by atoms with E-state index in [4.69, 9.17) is 30.5 Å². The number of benzene rings is 4. The Morgan fingerprint density at radius 1 is 1.00 bits per heavy atom. The van der Waals surface area contributed by atoms with Gasteiger partial charge in [0.25, 0.3) is 5.56 Å². The van der Waals surface area contributed by atoms with Crippen LogP contribution >= 0.6 is 59.4 Å². The van der Waals surface area contributed by atoms with Crippen LogP contribution in [-0.4, -0.2) is 23.0 Å². The van der Waals surface area contributed by atoms with E-state index >= 15 is 0 Å². The van der Waals surface area contributed by atoms with Gasteiger partial charge >= 0.3 is 0 Å². The van der Waals surface area contributed by atoms with E-state index in [2.05, 4.69) is 52.9 Å². The van der Waals surface area contributed by atoms with Crippen LogP contribution in [0.15, 0.2) is 107 Å². The van der Waals surface area contributed by atoms with Gasteiger partial charge in [-0.2, -0.15) is 9.78 Å². The van der Waals surface area contributed by atoms with Gasteiger partial charge in [0.1, 0.15) is 12.2 Å². The van der Waals surface area contributed by atoms with Crippen molar-refractivity contribution in [3.63, 3.8) is 0 Å². The van der Waals surface area contributed by atoms with Gasteiger partial charge < -0.3 is 13.9 Å². The van der Waals surface area contributed by atoms with Crippen molar-refractivity contribution in [1.29, 1.82) is 0 Å². The third-order valence-corrected chi connectivity index (χ3v) is 8.36. The number of halogens is 4. The highest BCUT2D eigenvalue weighted by Crippen LogP contribution is 2.36. The van der Waals surface area contributed by atoms with Crippen molar-refractivity contribution in [3.8, 4) is 23.1 Å². The number of methoxy groups -OCH3 is 1. The maximum absolute atomic E-state index is 13.7. The Morgan fingerprint density at radius 2 is 1.79 bits per heavy atom. The molecule has 2 heterocycles. The van der Waals surface area contributed by atoms with Crippen LogP contribution in [0, 0.1) is 0 Å². The van der Waals surface area contributed by atoms with E-state index in [1.54, 1.807) is 30.3 Å². The first-order chi connectivity index (χ1) is 20.3. The van der Waals surface area contributed by atoms with Gasteiger partial charge in [-0.25, -0.2) is 4.98 Å². The summed E-state index contributed by atoms with van der Waals surface area (Å²) in [5.74, 6) is 1.47. The molecule has 7 nitrogen and oxygen atoms in total. The lowest BCUT2D eigenvalue weighted by Gasteiger charge is -2.15. The zero-order chi connectivity index (χ0) is 29.4. The van der Waals surface area contributed by atoms with Gasteiger partial charge in [-0.1, -0.05) is 77.6 Å². The Bertz CT molecular complexity index is 2070. The van der Waals surface area contributed by atoms with E-state index in [9.17, 15) is 4.79 Å². The minimum Gasteiger partial charge on any atom is -0.493 e. The number of ether oxygens (including phenoxy) is 2. The standard InChI is InChI=1S/C31H19Br3ClN3O4/c1-40-27-14-22(35)11-19(29(27)41-16-17-6-7-21(33)13-24(17)34)15-36-38-30(37-25-5-3-2-4-23(25)31(38)39)28-12-18-10-20(32)8-9-26(18)42-28/h2-15H,16H2,1H3. The Kier molecular flexibility index (Phi) is 8.22. The normalized spacial score (nSPS) is 11.5. The monoisotopic (exact) mass is 769 g/mol. The zero-order valence-electron chi connectivity index (χ0n) is 21.8. The molecule has 0 bridgehead atoms. The van der Waals surface area contributed by atoms with Gasteiger partial charge in [-0.05, 0) is 54.6 Å². The third kappa shape index (κ3) is 5.76.